The Morgan fingerprint density at radius 3 is 2.37 bits per heavy atom. The van der Waals surface area contributed by atoms with E-state index in [1.54, 1.807) is 0 Å². The molecule has 0 aliphatic rings. The summed E-state index contributed by atoms with van der Waals surface area (Å²) < 4.78 is 0. The number of carboxylic acid groups (broad SMARTS) is 1. The minimum atomic E-state index is -1.28. The van der Waals surface area contributed by atoms with Gasteiger partial charge in [-0.2, -0.15) is 4.79 Å². The molecule has 0 rings (SSSR count). The molecule has 0 bridgehead atoms. The lowest BCUT2D eigenvalue weighted by Crippen LogP contribution is -2.45. The number of rotatable bonds is 8. The van der Waals surface area contributed by atoms with Gasteiger partial charge in [0.2, 0.25) is 11.7 Å². The van der Waals surface area contributed by atoms with Crippen molar-refractivity contribution in [3.63, 3.8) is 0 Å². The van der Waals surface area contributed by atoms with Crippen molar-refractivity contribution in [1.29, 1.82) is 0 Å². The fourth-order valence-corrected chi connectivity index (χ4v) is 1.20. The molecule has 0 saturated carbocycles. The minimum absolute atomic E-state index is 0.127. The molecule has 19 heavy (non-hydrogen) atoms. The van der Waals surface area contributed by atoms with Crippen molar-refractivity contribution in [2.45, 2.75) is 38.8 Å². The van der Waals surface area contributed by atoms with Gasteiger partial charge in [-0.05, 0) is 13.3 Å². The van der Waals surface area contributed by atoms with Crippen LogP contribution in [0.1, 0.15) is 26.7 Å². The van der Waals surface area contributed by atoms with Gasteiger partial charge in [-0.25, -0.2) is 4.79 Å². The van der Waals surface area contributed by atoms with Crippen LogP contribution in [0.2, 0.25) is 0 Å². The molecule has 3 atom stereocenters. The highest BCUT2D eigenvalue weighted by Gasteiger charge is 2.25. The number of amides is 1. The van der Waals surface area contributed by atoms with E-state index in [9.17, 15) is 19.5 Å². The van der Waals surface area contributed by atoms with Gasteiger partial charge in [0.1, 0.15) is 6.04 Å². The number of hydrogen-bond donors (Lipinski definition) is 3. The molecular formula is C11H17N3O5. The number of nitrogens with one attached hydrogen (secondary N) is 1. The second-order valence-corrected chi connectivity index (χ2v) is 4.18. The largest absolute Gasteiger partial charge is 0.480 e. The van der Waals surface area contributed by atoms with Gasteiger partial charge in [-0.15, -0.1) is 0 Å². The highest BCUT2D eigenvalue weighted by Crippen LogP contribution is 2.05. The third-order valence-corrected chi connectivity index (χ3v) is 2.63. The monoisotopic (exact) mass is 271 g/mol. The van der Waals surface area contributed by atoms with Gasteiger partial charge >= 0.3 is 12.2 Å². The summed E-state index contributed by atoms with van der Waals surface area (Å²) in [6, 6.07) is -1.23. The van der Waals surface area contributed by atoms with Crippen molar-refractivity contribution in [2.75, 3.05) is 0 Å². The predicted molar refractivity (Wildman–Crippen MR) is 64.3 cm³/mol. The molecule has 0 aromatic carbocycles. The number of aliphatic hydroxyl groups excluding tert-OH is 1. The van der Waals surface area contributed by atoms with E-state index < -0.39 is 35.7 Å². The molecule has 106 valence electrons. The van der Waals surface area contributed by atoms with Crippen molar-refractivity contribution in [1.82, 2.24) is 5.32 Å². The lowest BCUT2D eigenvalue weighted by Gasteiger charge is -2.18. The number of aliphatic hydroxyl groups is 1. The van der Waals surface area contributed by atoms with E-state index in [1.165, 1.54) is 13.8 Å². The average Bonchev–Trinajstić information content (AvgIpc) is 2.32. The van der Waals surface area contributed by atoms with E-state index in [1.807, 2.05) is 0 Å². The van der Waals surface area contributed by atoms with Crippen LogP contribution in [-0.4, -0.2) is 51.0 Å². The summed E-state index contributed by atoms with van der Waals surface area (Å²) in [5.41, 5.74) is 8.13. The number of ketones is 1. The van der Waals surface area contributed by atoms with Crippen molar-refractivity contribution in [2.24, 2.45) is 5.92 Å². The average molecular weight is 271 g/mol. The van der Waals surface area contributed by atoms with Gasteiger partial charge in [0.25, 0.3) is 0 Å². The molecule has 0 aromatic heterocycles. The van der Waals surface area contributed by atoms with Crippen LogP contribution in [0.3, 0.4) is 0 Å². The Hall–Kier alpha value is -2.05. The molecule has 0 unspecified atom stereocenters. The van der Waals surface area contributed by atoms with E-state index in [0.29, 0.717) is 6.21 Å². The first kappa shape index (κ1) is 16.9. The second-order valence-electron chi connectivity index (χ2n) is 4.18. The molecule has 8 heteroatoms. The van der Waals surface area contributed by atoms with Crippen LogP contribution in [0.25, 0.3) is 5.53 Å². The molecule has 0 saturated heterocycles. The van der Waals surface area contributed by atoms with Crippen molar-refractivity contribution in [3.05, 3.63) is 5.53 Å². The molecule has 3 N–H and O–H groups in total. The van der Waals surface area contributed by atoms with E-state index in [4.69, 9.17) is 10.6 Å². The van der Waals surface area contributed by atoms with Gasteiger partial charge in [0, 0.05) is 6.42 Å². The topological polar surface area (TPSA) is 140 Å². The van der Waals surface area contributed by atoms with Crippen molar-refractivity contribution in [3.8, 4) is 0 Å². The minimum Gasteiger partial charge on any atom is -0.480 e. The summed E-state index contributed by atoms with van der Waals surface area (Å²) in [6.45, 7) is 2.88. The number of Topliss-reactive ketones (excluding diaryl/α,β-unsaturated/α-hetero) is 1. The van der Waals surface area contributed by atoms with Crippen LogP contribution >= 0.6 is 0 Å². The molecule has 1 amide bonds. The summed E-state index contributed by atoms with van der Waals surface area (Å²) in [5.74, 6) is -3.19. The molecular weight excluding hydrogens is 254 g/mol. The first-order valence-electron chi connectivity index (χ1n) is 5.71. The van der Waals surface area contributed by atoms with E-state index in [2.05, 4.69) is 10.1 Å². The van der Waals surface area contributed by atoms with E-state index in [-0.39, 0.29) is 12.8 Å². The van der Waals surface area contributed by atoms with Crippen LogP contribution in [0, 0.1) is 5.92 Å². The summed E-state index contributed by atoms with van der Waals surface area (Å²) in [5, 5.41) is 20.4. The van der Waals surface area contributed by atoms with Crippen molar-refractivity contribution >= 4 is 23.9 Å². The second kappa shape index (κ2) is 8.12. The third kappa shape index (κ3) is 6.44. The van der Waals surface area contributed by atoms with E-state index >= 15 is 0 Å². The number of carboxylic acids is 1. The molecule has 0 radical (unpaired) electrons. The predicted octanol–water partition coefficient (Wildman–Crippen LogP) is -0.777. The zero-order chi connectivity index (χ0) is 15.0. The number of hydrogen-bond acceptors (Lipinski definition) is 4. The Bertz CT molecular complexity index is 401. The Morgan fingerprint density at radius 1 is 1.37 bits per heavy atom. The molecule has 0 aliphatic heterocycles. The number of aliphatic carboxylic acids is 1. The van der Waals surface area contributed by atoms with Gasteiger partial charge in [0.05, 0.1) is 12.0 Å². The Labute approximate surface area is 110 Å². The summed E-state index contributed by atoms with van der Waals surface area (Å²) in [6.07, 6.45) is -0.542. The van der Waals surface area contributed by atoms with Crippen LogP contribution < -0.4 is 5.32 Å². The van der Waals surface area contributed by atoms with Crippen LogP contribution in [0.15, 0.2) is 0 Å². The summed E-state index contributed by atoms with van der Waals surface area (Å²) in [7, 11) is 0. The Balaban J connectivity index is 4.50. The fourth-order valence-electron chi connectivity index (χ4n) is 1.20. The lowest BCUT2D eigenvalue weighted by atomic mass is 10.0. The zero-order valence-electron chi connectivity index (χ0n) is 10.7. The third-order valence-electron chi connectivity index (χ3n) is 2.63. The van der Waals surface area contributed by atoms with Crippen molar-refractivity contribution < 1.29 is 29.4 Å². The molecule has 0 fully saturated rings. The molecule has 0 spiro atoms. The summed E-state index contributed by atoms with van der Waals surface area (Å²) >= 11 is 0. The zero-order valence-corrected chi connectivity index (χ0v) is 10.7. The van der Waals surface area contributed by atoms with Crippen LogP contribution in [-0.2, 0) is 14.4 Å². The van der Waals surface area contributed by atoms with Gasteiger partial charge in [-0.3, -0.25) is 9.59 Å². The number of carbonyl (C=O) groups is 3. The quantitative estimate of drug-likeness (QED) is 0.302. The molecule has 0 aliphatic carbocycles. The van der Waals surface area contributed by atoms with E-state index in [0.717, 1.165) is 0 Å². The van der Waals surface area contributed by atoms with Gasteiger partial charge < -0.3 is 21.1 Å². The standard InChI is InChI=1S/C11H17N3O5/c1-6(7(2)15)10(17)14-9(11(18)19)4-3-8(16)5-13-12/h5-7,9,15H,3-4H2,1-2H3,(H,14,17)(H,18,19)/t6-,7-,9-/m0/s1. The fraction of sp³-hybridized carbons (Fsp3) is 0.636. The maximum Gasteiger partial charge on any atom is 0.326 e. The first-order chi connectivity index (χ1) is 8.79. The lowest BCUT2D eigenvalue weighted by molar-refractivity contribution is -0.143. The van der Waals surface area contributed by atoms with Crippen LogP contribution in [0.4, 0.5) is 0 Å². The smallest absolute Gasteiger partial charge is 0.326 e. The highest BCUT2D eigenvalue weighted by atomic mass is 16.4. The Kier molecular flexibility index (Phi) is 7.25. The maximum atomic E-state index is 11.6. The van der Waals surface area contributed by atoms with Crippen LogP contribution in [0.5, 0.6) is 0 Å². The number of carbonyl (C=O) groups excluding carboxylic acids is 2. The molecule has 0 aromatic rings. The van der Waals surface area contributed by atoms with Gasteiger partial charge in [0.15, 0.2) is 0 Å². The normalized spacial score (nSPS) is 14.7. The summed E-state index contributed by atoms with van der Waals surface area (Å²) in [4.78, 5) is 36.1. The van der Waals surface area contributed by atoms with Gasteiger partial charge in [-0.1, -0.05) is 6.92 Å². The molecule has 0 heterocycles. The molecule has 8 nitrogen and oxygen atoms in total. The SMILES string of the molecule is C[C@H](O)[C@H](C)C(=O)N[C@@H](CCC(=O)C=[N+]=[N-])C(=O)O. The first-order valence-corrected chi connectivity index (χ1v) is 5.71. The highest BCUT2D eigenvalue weighted by molar-refractivity contribution is 6.25. The Morgan fingerprint density at radius 2 is 1.95 bits per heavy atom. The maximum absolute atomic E-state index is 11.6. The number of nitrogens with zero attached hydrogens (tertiary/aromatic N) is 2.